The van der Waals surface area contributed by atoms with Gasteiger partial charge in [0.15, 0.2) is 11.5 Å². The zero-order chi connectivity index (χ0) is 22.6. The quantitative estimate of drug-likeness (QED) is 0.480. The van der Waals surface area contributed by atoms with E-state index in [1.807, 2.05) is 45.2 Å². The Bertz CT molecular complexity index is 1390. The zero-order valence-electron chi connectivity index (χ0n) is 18.5. The van der Waals surface area contributed by atoms with Crippen LogP contribution in [0.25, 0.3) is 28.1 Å². The summed E-state index contributed by atoms with van der Waals surface area (Å²) >= 11 is 0. The van der Waals surface area contributed by atoms with Crippen LogP contribution in [-0.4, -0.2) is 58.4 Å². The van der Waals surface area contributed by atoms with Crippen LogP contribution in [0.5, 0.6) is 0 Å². The SMILES string of the molecule is Cn1c(=O)n([C@H]2CCN(C(=O)OC(C)(C)C)C2)c2nc(-c3cnn4ccccc34)ncc21. The first-order chi connectivity index (χ1) is 15.2. The predicted octanol–water partition coefficient (Wildman–Crippen LogP) is 2.63. The smallest absolute Gasteiger partial charge is 0.410 e. The largest absolute Gasteiger partial charge is 0.444 e. The van der Waals surface area contributed by atoms with Crippen LogP contribution >= 0.6 is 0 Å². The molecule has 1 atom stereocenters. The van der Waals surface area contributed by atoms with Crippen molar-refractivity contribution in [3.8, 4) is 11.4 Å². The van der Waals surface area contributed by atoms with Crippen molar-refractivity contribution in [3.05, 3.63) is 47.3 Å². The normalized spacial score (nSPS) is 16.9. The highest BCUT2D eigenvalue weighted by molar-refractivity contribution is 5.79. The number of hydrogen-bond donors (Lipinski definition) is 0. The highest BCUT2D eigenvalue weighted by Crippen LogP contribution is 2.27. The van der Waals surface area contributed by atoms with Gasteiger partial charge in [-0.2, -0.15) is 5.10 Å². The van der Waals surface area contributed by atoms with E-state index in [9.17, 15) is 9.59 Å². The number of imidazole rings is 1. The Morgan fingerprint density at radius 3 is 2.78 bits per heavy atom. The van der Waals surface area contributed by atoms with Crippen LogP contribution < -0.4 is 5.69 Å². The molecule has 32 heavy (non-hydrogen) atoms. The highest BCUT2D eigenvalue weighted by atomic mass is 16.6. The number of carbonyl (C=O) groups excluding carboxylic acids is 1. The van der Waals surface area contributed by atoms with E-state index in [1.165, 1.54) is 0 Å². The molecular formula is C22H25N7O3. The molecule has 1 fully saturated rings. The van der Waals surface area contributed by atoms with Crippen LogP contribution in [0.1, 0.15) is 33.2 Å². The van der Waals surface area contributed by atoms with Gasteiger partial charge in [-0.25, -0.2) is 24.1 Å². The van der Waals surface area contributed by atoms with Crippen molar-refractivity contribution in [2.45, 2.75) is 38.8 Å². The van der Waals surface area contributed by atoms with Gasteiger partial charge in [0.05, 0.1) is 29.5 Å². The van der Waals surface area contributed by atoms with E-state index in [2.05, 4.69) is 10.1 Å². The lowest BCUT2D eigenvalue weighted by molar-refractivity contribution is 0.0289. The molecule has 0 unspecified atom stereocenters. The minimum atomic E-state index is -0.568. The van der Waals surface area contributed by atoms with Gasteiger partial charge in [0.1, 0.15) is 11.1 Å². The summed E-state index contributed by atoms with van der Waals surface area (Å²) in [7, 11) is 1.71. The lowest BCUT2D eigenvalue weighted by Gasteiger charge is -2.24. The average molecular weight is 435 g/mol. The summed E-state index contributed by atoms with van der Waals surface area (Å²) in [5.41, 5.74) is 2.12. The van der Waals surface area contributed by atoms with Crippen LogP contribution in [-0.2, 0) is 11.8 Å². The molecule has 166 valence electrons. The highest BCUT2D eigenvalue weighted by Gasteiger charge is 2.33. The first-order valence-corrected chi connectivity index (χ1v) is 10.6. The number of amides is 1. The van der Waals surface area contributed by atoms with E-state index in [0.29, 0.717) is 36.5 Å². The van der Waals surface area contributed by atoms with Crippen LogP contribution in [0.4, 0.5) is 4.79 Å². The van der Waals surface area contributed by atoms with E-state index in [4.69, 9.17) is 9.72 Å². The number of aromatic nitrogens is 6. The van der Waals surface area contributed by atoms with Crippen molar-refractivity contribution in [2.75, 3.05) is 13.1 Å². The lowest BCUT2D eigenvalue weighted by Crippen LogP contribution is -2.36. The van der Waals surface area contributed by atoms with Gasteiger partial charge < -0.3 is 9.64 Å². The molecule has 0 radical (unpaired) electrons. The molecule has 4 aromatic heterocycles. The molecule has 5 rings (SSSR count). The molecule has 0 spiro atoms. The third-order valence-electron chi connectivity index (χ3n) is 5.68. The molecule has 5 heterocycles. The molecular weight excluding hydrogens is 410 g/mol. The summed E-state index contributed by atoms with van der Waals surface area (Å²) in [6, 6.07) is 5.59. The van der Waals surface area contributed by atoms with E-state index < -0.39 is 5.60 Å². The van der Waals surface area contributed by atoms with Crippen LogP contribution in [0.3, 0.4) is 0 Å². The molecule has 0 aromatic carbocycles. The van der Waals surface area contributed by atoms with Crippen LogP contribution in [0.15, 0.2) is 41.6 Å². The lowest BCUT2D eigenvalue weighted by atomic mass is 10.2. The van der Waals surface area contributed by atoms with Crippen molar-refractivity contribution >= 4 is 22.8 Å². The third-order valence-corrected chi connectivity index (χ3v) is 5.68. The fraction of sp³-hybridized carbons (Fsp3) is 0.409. The maximum absolute atomic E-state index is 13.1. The molecule has 10 nitrogen and oxygen atoms in total. The minimum Gasteiger partial charge on any atom is -0.444 e. The van der Waals surface area contributed by atoms with Crippen LogP contribution in [0.2, 0.25) is 0 Å². The molecule has 4 aromatic rings. The van der Waals surface area contributed by atoms with E-state index >= 15 is 0 Å². The first-order valence-electron chi connectivity index (χ1n) is 10.6. The Kier molecular flexibility index (Phi) is 4.54. The second-order valence-corrected chi connectivity index (χ2v) is 9.07. The number of pyridine rings is 1. The molecule has 1 saturated heterocycles. The monoisotopic (exact) mass is 435 g/mol. The Hall–Kier alpha value is -3.69. The summed E-state index contributed by atoms with van der Waals surface area (Å²) in [5.74, 6) is 0.500. The molecule has 0 bridgehead atoms. The summed E-state index contributed by atoms with van der Waals surface area (Å²) in [4.78, 5) is 36.5. The number of ether oxygens (including phenoxy) is 1. The van der Waals surface area contributed by atoms with Crippen molar-refractivity contribution in [1.82, 2.24) is 33.6 Å². The van der Waals surface area contributed by atoms with Gasteiger partial charge in [0, 0.05) is 26.3 Å². The third kappa shape index (κ3) is 3.31. The van der Waals surface area contributed by atoms with Gasteiger partial charge in [-0.3, -0.25) is 9.13 Å². The molecule has 1 aliphatic heterocycles. The zero-order valence-corrected chi connectivity index (χ0v) is 18.5. The van der Waals surface area contributed by atoms with Gasteiger partial charge >= 0.3 is 11.8 Å². The summed E-state index contributed by atoms with van der Waals surface area (Å²) in [6.45, 7) is 6.43. The number of likely N-dealkylation sites (tertiary alicyclic amines) is 1. The van der Waals surface area contributed by atoms with E-state index in [1.54, 1.807) is 38.0 Å². The Morgan fingerprint density at radius 2 is 2.00 bits per heavy atom. The number of aryl methyl sites for hydroxylation is 1. The van der Waals surface area contributed by atoms with Gasteiger partial charge in [-0.05, 0) is 39.3 Å². The van der Waals surface area contributed by atoms with Gasteiger partial charge in [-0.1, -0.05) is 6.07 Å². The molecule has 10 heteroatoms. The van der Waals surface area contributed by atoms with Crippen molar-refractivity contribution in [3.63, 3.8) is 0 Å². The van der Waals surface area contributed by atoms with Gasteiger partial charge in [0.2, 0.25) is 0 Å². The van der Waals surface area contributed by atoms with Crippen molar-refractivity contribution in [2.24, 2.45) is 7.05 Å². The summed E-state index contributed by atoms with van der Waals surface area (Å²) in [5, 5.41) is 4.36. The van der Waals surface area contributed by atoms with Gasteiger partial charge in [-0.15, -0.1) is 0 Å². The fourth-order valence-electron chi connectivity index (χ4n) is 4.15. The molecule has 1 aliphatic rings. The van der Waals surface area contributed by atoms with Crippen molar-refractivity contribution in [1.29, 1.82) is 0 Å². The molecule has 0 aliphatic carbocycles. The average Bonchev–Trinajstić information content (AvgIpc) is 3.44. The number of rotatable bonds is 2. The summed E-state index contributed by atoms with van der Waals surface area (Å²) < 4.78 is 10.5. The number of nitrogens with zero attached hydrogens (tertiary/aromatic N) is 7. The topological polar surface area (TPSA) is 99.5 Å². The standard InChI is InChI=1S/C22H25N7O3/c1-22(2,3)32-21(31)27-10-8-14(13-27)29-19-17(26(4)20(29)30)12-23-18(25-19)15-11-24-28-9-6-5-7-16(15)28/h5-7,9,11-12,14H,8,10,13H2,1-4H3/t14-/m0/s1. The van der Waals surface area contributed by atoms with E-state index in [-0.39, 0.29) is 17.8 Å². The Labute approximate surface area is 184 Å². The minimum absolute atomic E-state index is 0.178. The Morgan fingerprint density at radius 1 is 1.19 bits per heavy atom. The maximum Gasteiger partial charge on any atom is 0.410 e. The number of fused-ring (bicyclic) bond motifs is 2. The van der Waals surface area contributed by atoms with Crippen LogP contribution in [0, 0.1) is 0 Å². The predicted molar refractivity (Wildman–Crippen MR) is 118 cm³/mol. The fourth-order valence-corrected chi connectivity index (χ4v) is 4.15. The molecule has 0 saturated carbocycles. The van der Waals surface area contributed by atoms with E-state index in [0.717, 1.165) is 11.1 Å². The second kappa shape index (κ2) is 7.18. The number of hydrogen-bond acceptors (Lipinski definition) is 6. The maximum atomic E-state index is 13.1. The first kappa shape index (κ1) is 20.2. The van der Waals surface area contributed by atoms with Crippen molar-refractivity contribution < 1.29 is 9.53 Å². The summed E-state index contributed by atoms with van der Waals surface area (Å²) in [6.07, 6.45) is 5.54. The van der Waals surface area contributed by atoms with Gasteiger partial charge in [0.25, 0.3) is 0 Å². The number of carbonyl (C=O) groups is 1. The Balaban J connectivity index is 1.54. The molecule has 1 amide bonds. The molecule has 0 N–H and O–H groups in total. The second-order valence-electron chi connectivity index (χ2n) is 9.07.